The SMILES string of the molecule is CC[C@H](CNC(=O)c1ccc(F)cc1)c1ccccc1. The maximum atomic E-state index is 12.8. The summed E-state index contributed by atoms with van der Waals surface area (Å²) >= 11 is 0. The Morgan fingerprint density at radius 2 is 1.75 bits per heavy atom. The molecule has 1 atom stereocenters. The Balaban J connectivity index is 1.96. The van der Waals surface area contributed by atoms with Crippen LogP contribution in [-0.4, -0.2) is 12.5 Å². The number of halogens is 1. The van der Waals surface area contributed by atoms with Crippen molar-refractivity contribution in [2.45, 2.75) is 19.3 Å². The van der Waals surface area contributed by atoms with E-state index in [-0.39, 0.29) is 11.7 Å². The number of hydrogen-bond acceptors (Lipinski definition) is 1. The summed E-state index contributed by atoms with van der Waals surface area (Å²) in [5.41, 5.74) is 1.70. The van der Waals surface area contributed by atoms with Crippen LogP contribution in [0.1, 0.15) is 35.2 Å². The van der Waals surface area contributed by atoms with E-state index in [1.54, 1.807) is 0 Å². The average Bonchev–Trinajstić information content (AvgIpc) is 2.49. The molecule has 0 aromatic heterocycles. The van der Waals surface area contributed by atoms with Gasteiger partial charge in [0.15, 0.2) is 0 Å². The first kappa shape index (κ1) is 14.3. The van der Waals surface area contributed by atoms with Crippen LogP contribution in [0.2, 0.25) is 0 Å². The van der Waals surface area contributed by atoms with Gasteiger partial charge in [-0.1, -0.05) is 37.3 Å². The van der Waals surface area contributed by atoms with Crippen molar-refractivity contribution in [3.63, 3.8) is 0 Å². The lowest BCUT2D eigenvalue weighted by atomic mass is 9.96. The molecule has 0 saturated carbocycles. The highest BCUT2D eigenvalue weighted by molar-refractivity contribution is 5.94. The summed E-state index contributed by atoms with van der Waals surface area (Å²) in [5, 5.41) is 2.91. The van der Waals surface area contributed by atoms with Gasteiger partial charge in [-0.05, 0) is 36.2 Å². The number of hydrogen-bond donors (Lipinski definition) is 1. The average molecular weight is 271 g/mol. The number of carbonyl (C=O) groups is 1. The highest BCUT2D eigenvalue weighted by Crippen LogP contribution is 2.18. The minimum absolute atomic E-state index is 0.167. The third kappa shape index (κ3) is 3.67. The van der Waals surface area contributed by atoms with Gasteiger partial charge in [-0.3, -0.25) is 4.79 Å². The monoisotopic (exact) mass is 271 g/mol. The van der Waals surface area contributed by atoms with Gasteiger partial charge in [0, 0.05) is 18.0 Å². The molecule has 0 fully saturated rings. The molecule has 20 heavy (non-hydrogen) atoms. The first-order valence-electron chi connectivity index (χ1n) is 6.79. The van der Waals surface area contributed by atoms with Crippen molar-refractivity contribution in [3.05, 3.63) is 71.5 Å². The molecule has 2 nitrogen and oxygen atoms in total. The maximum absolute atomic E-state index is 12.8. The Bertz CT molecular complexity index is 551. The molecule has 0 heterocycles. The number of rotatable bonds is 5. The summed E-state index contributed by atoms with van der Waals surface area (Å²) in [6.07, 6.45) is 0.952. The summed E-state index contributed by atoms with van der Waals surface area (Å²) in [5.74, 6) is -0.211. The summed E-state index contributed by atoms with van der Waals surface area (Å²) in [6, 6.07) is 15.7. The van der Waals surface area contributed by atoms with Crippen LogP contribution < -0.4 is 5.32 Å². The fourth-order valence-corrected chi connectivity index (χ4v) is 2.14. The molecule has 3 heteroatoms. The zero-order valence-electron chi connectivity index (χ0n) is 11.5. The summed E-state index contributed by atoms with van der Waals surface area (Å²) in [7, 11) is 0. The van der Waals surface area contributed by atoms with Crippen LogP contribution in [0, 0.1) is 5.82 Å². The zero-order chi connectivity index (χ0) is 14.4. The van der Waals surface area contributed by atoms with E-state index in [1.807, 2.05) is 18.2 Å². The Hall–Kier alpha value is -2.16. The van der Waals surface area contributed by atoms with Crippen molar-refractivity contribution >= 4 is 5.91 Å². The van der Waals surface area contributed by atoms with Crippen LogP contribution in [0.5, 0.6) is 0 Å². The Morgan fingerprint density at radius 1 is 1.10 bits per heavy atom. The molecular weight excluding hydrogens is 253 g/mol. The van der Waals surface area contributed by atoms with Crippen molar-refractivity contribution < 1.29 is 9.18 Å². The van der Waals surface area contributed by atoms with Gasteiger partial charge >= 0.3 is 0 Å². The Labute approximate surface area is 118 Å². The zero-order valence-corrected chi connectivity index (χ0v) is 11.5. The third-order valence-corrected chi connectivity index (χ3v) is 3.38. The summed E-state index contributed by atoms with van der Waals surface area (Å²) in [4.78, 5) is 12.0. The molecule has 104 valence electrons. The predicted octanol–water partition coefficient (Wildman–Crippen LogP) is 3.75. The summed E-state index contributed by atoms with van der Waals surface area (Å²) < 4.78 is 12.8. The van der Waals surface area contributed by atoms with E-state index >= 15 is 0 Å². The van der Waals surface area contributed by atoms with Crippen molar-refractivity contribution in [3.8, 4) is 0 Å². The molecule has 0 aliphatic rings. The van der Waals surface area contributed by atoms with E-state index < -0.39 is 0 Å². The largest absolute Gasteiger partial charge is 0.351 e. The maximum Gasteiger partial charge on any atom is 0.251 e. The van der Waals surface area contributed by atoms with Crippen LogP contribution in [-0.2, 0) is 0 Å². The molecule has 0 unspecified atom stereocenters. The van der Waals surface area contributed by atoms with Gasteiger partial charge < -0.3 is 5.32 Å². The van der Waals surface area contributed by atoms with Crippen LogP contribution >= 0.6 is 0 Å². The van der Waals surface area contributed by atoms with Crippen molar-refractivity contribution in [2.24, 2.45) is 0 Å². The molecule has 0 bridgehead atoms. The van der Waals surface area contributed by atoms with E-state index in [9.17, 15) is 9.18 Å². The smallest absolute Gasteiger partial charge is 0.251 e. The normalized spacial score (nSPS) is 11.9. The van der Waals surface area contributed by atoms with Gasteiger partial charge in [0.25, 0.3) is 5.91 Å². The van der Waals surface area contributed by atoms with Crippen LogP contribution in [0.25, 0.3) is 0 Å². The number of nitrogens with one attached hydrogen (secondary N) is 1. The van der Waals surface area contributed by atoms with Gasteiger partial charge in [0.2, 0.25) is 0 Å². The first-order chi connectivity index (χ1) is 9.70. The van der Waals surface area contributed by atoms with Gasteiger partial charge in [0.05, 0.1) is 0 Å². The minimum atomic E-state index is -0.336. The van der Waals surface area contributed by atoms with E-state index in [2.05, 4.69) is 24.4 Å². The second kappa shape index (κ2) is 6.85. The molecule has 0 saturated heterocycles. The predicted molar refractivity (Wildman–Crippen MR) is 78.2 cm³/mol. The lowest BCUT2D eigenvalue weighted by molar-refractivity contribution is 0.0951. The number of amides is 1. The number of carbonyl (C=O) groups excluding carboxylic acids is 1. The minimum Gasteiger partial charge on any atom is -0.351 e. The molecule has 2 aromatic rings. The molecule has 0 aliphatic carbocycles. The molecule has 1 N–H and O–H groups in total. The third-order valence-electron chi connectivity index (χ3n) is 3.38. The lowest BCUT2D eigenvalue weighted by Gasteiger charge is -2.16. The second-order valence-corrected chi connectivity index (χ2v) is 4.73. The Kier molecular flexibility index (Phi) is 4.88. The standard InChI is InChI=1S/C17H18FNO/c1-2-13(14-6-4-3-5-7-14)12-19-17(20)15-8-10-16(18)11-9-15/h3-11,13H,2,12H2,1H3,(H,19,20)/t13-/m1/s1. The Morgan fingerprint density at radius 3 is 2.35 bits per heavy atom. The van der Waals surface area contributed by atoms with Crippen LogP contribution in [0.4, 0.5) is 4.39 Å². The van der Waals surface area contributed by atoms with Gasteiger partial charge in [-0.2, -0.15) is 0 Å². The molecule has 2 aromatic carbocycles. The highest BCUT2D eigenvalue weighted by Gasteiger charge is 2.11. The fourth-order valence-electron chi connectivity index (χ4n) is 2.14. The molecule has 0 radical (unpaired) electrons. The summed E-state index contributed by atoms with van der Waals surface area (Å²) in [6.45, 7) is 2.68. The number of benzene rings is 2. The van der Waals surface area contributed by atoms with E-state index in [0.717, 1.165) is 6.42 Å². The quantitative estimate of drug-likeness (QED) is 0.881. The molecule has 2 rings (SSSR count). The van der Waals surface area contributed by atoms with Crippen molar-refractivity contribution in [1.29, 1.82) is 0 Å². The first-order valence-corrected chi connectivity index (χ1v) is 6.79. The molecule has 1 amide bonds. The molecule has 0 aliphatic heterocycles. The van der Waals surface area contributed by atoms with E-state index in [1.165, 1.54) is 29.8 Å². The van der Waals surface area contributed by atoms with Crippen LogP contribution in [0.15, 0.2) is 54.6 Å². The van der Waals surface area contributed by atoms with Gasteiger partial charge in [0.1, 0.15) is 5.82 Å². The molecular formula is C17H18FNO. The van der Waals surface area contributed by atoms with Crippen LogP contribution in [0.3, 0.4) is 0 Å². The van der Waals surface area contributed by atoms with Crippen molar-refractivity contribution in [2.75, 3.05) is 6.54 Å². The second-order valence-electron chi connectivity index (χ2n) is 4.73. The molecule has 0 spiro atoms. The van der Waals surface area contributed by atoms with E-state index in [0.29, 0.717) is 18.0 Å². The fraction of sp³-hybridized carbons (Fsp3) is 0.235. The van der Waals surface area contributed by atoms with Crippen molar-refractivity contribution in [1.82, 2.24) is 5.32 Å². The topological polar surface area (TPSA) is 29.1 Å². The highest BCUT2D eigenvalue weighted by atomic mass is 19.1. The van der Waals surface area contributed by atoms with E-state index in [4.69, 9.17) is 0 Å². The van der Waals surface area contributed by atoms with Gasteiger partial charge in [-0.25, -0.2) is 4.39 Å². The lowest BCUT2D eigenvalue weighted by Crippen LogP contribution is -2.28. The van der Waals surface area contributed by atoms with Gasteiger partial charge in [-0.15, -0.1) is 0 Å².